The highest BCUT2D eigenvalue weighted by atomic mass is 16.5. The Bertz CT molecular complexity index is 566. The zero-order valence-corrected chi connectivity index (χ0v) is 15.0. The summed E-state index contributed by atoms with van der Waals surface area (Å²) in [5.74, 6) is 1.08. The molecule has 0 saturated heterocycles. The monoisotopic (exact) mass is 332 g/mol. The molecule has 0 aliphatic heterocycles. The van der Waals surface area contributed by atoms with Crippen LogP contribution in [0.1, 0.15) is 40.0 Å². The Kier molecular flexibility index (Phi) is 6.23. The van der Waals surface area contributed by atoms with Gasteiger partial charge in [0.1, 0.15) is 5.75 Å². The van der Waals surface area contributed by atoms with Gasteiger partial charge in [0.25, 0.3) is 0 Å². The molecule has 0 aromatic heterocycles. The number of ether oxygens (including phenoxy) is 1. The normalized spacial score (nSPS) is 16.2. The molecule has 1 aromatic carbocycles. The lowest BCUT2D eigenvalue weighted by molar-refractivity contribution is -0.127. The summed E-state index contributed by atoms with van der Waals surface area (Å²) in [4.78, 5) is 26.5. The lowest BCUT2D eigenvalue weighted by Crippen LogP contribution is -2.46. The van der Waals surface area contributed by atoms with Crippen molar-refractivity contribution < 1.29 is 14.3 Å². The molecule has 24 heavy (non-hydrogen) atoms. The Hall–Kier alpha value is -2.04. The molecule has 1 fully saturated rings. The number of nitrogens with one attached hydrogen (secondary N) is 1. The number of hydrogen-bond donors (Lipinski definition) is 1. The van der Waals surface area contributed by atoms with Crippen LogP contribution < -0.4 is 15.0 Å². The summed E-state index contributed by atoms with van der Waals surface area (Å²) in [5, 5.41) is 2.77. The molecular weight excluding hydrogens is 304 g/mol. The average molecular weight is 332 g/mol. The highest BCUT2D eigenvalue weighted by Crippen LogP contribution is 2.37. The van der Waals surface area contributed by atoms with Gasteiger partial charge in [-0.15, -0.1) is 0 Å². The fourth-order valence-corrected chi connectivity index (χ4v) is 2.75. The van der Waals surface area contributed by atoms with Gasteiger partial charge in [-0.05, 0) is 56.4 Å². The average Bonchev–Trinajstić information content (AvgIpc) is 3.44. The Balaban J connectivity index is 2.10. The van der Waals surface area contributed by atoms with Crippen molar-refractivity contribution >= 4 is 17.5 Å². The lowest BCUT2D eigenvalue weighted by atomic mass is 10.1. The third-order valence-corrected chi connectivity index (χ3v) is 4.80. The van der Waals surface area contributed by atoms with E-state index in [0.29, 0.717) is 5.92 Å². The number of carbonyl (C=O) groups excluding carboxylic acids is 2. The maximum atomic E-state index is 12.8. The smallest absolute Gasteiger partial charge is 0.246 e. The molecule has 0 unspecified atom stereocenters. The van der Waals surface area contributed by atoms with Gasteiger partial charge in [-0.25, -0.2) is 0 Å². The molecule has 2 atom stereocenters. The number of anilines is 1. The molecular formula is C19H28N2O3. The van der Waals surface area contributed by atoms with E-state index < -0.39 is 0 Å². The van der Waals surface area contributed by atoms with Gasteiger partial charge in [0.15, 0.2) is 0 Å². The molecule has 1 aromatic rings. The summed E-state index contributed by atoms with van der Waals surface area (Å²) in [6.07, 6.45) is 3.07. The molecule has 0 heterocycles. The summed E-state index contributed by atoms with van der Waals surface area (Å²) >= 11 is 0. The van der Waals surface area contributed by atoms with E-state index in [4.69, 9.17) is 4.74 Å². The van der Waals surface area contributed by atoms with Crippen LogP contribution >= 0.6 is 0 Å². The number of amides is 2. The Morgan fingerprint density at radius 2 is 1.88 bits per heavy atom. The molecule has 132 valence electrons. The van der Waals surface area contributed by atoms with Crippen LogP contribution in [-0.4, -0.2) is 31.5 Å². The first-order valence-corrected chi connectivity index (χ1v) is 8.71. The minimum absolute atomic E-state index is 0.0340. The van der Waals surface area contributed by atoms with E-state index in [1.807, 2.05) is 43.0 Å². The number of rotatable bonds is 8. The molecule has 1 saturated carbocycles. The highest BCUT2D eigenvalue weighted by Gasteiger charge is 2.35. The number of benzene rings is 1. The Labute approximate surface area is 144 Å². The molecule has 2 amide bonds. The molecule has 0 spiro atoms. The minimum atomic E-state index is -0.0758. The van der Waals surface area contributed by atoms with Crippen LogP contribution in [0.25, 0.3) is 0 Å². The second kappa shape index (κ2) is 8.18. The minimum Gasteiger partial charge on any atom is -0.497 e. The van der Waals surface area contributed by atoms with Gasteiger partial charge in [-0.2, -0.15) is 0 Å². The van der Waals surface area contributed by atoms with Crippen LogP contribution in [0.5, 0.6) is 5.75 Å². The summed E-state index contributed by atoms with van der Waals surface area (Å²) in [5.41, 5.74) is 0.845. The zero-order valence-electron chi connectivity index (χ0n) is 15.0. The van der Waals surface area contributed by atoms with Gasteiger partial charge in [0, 0.05) is 17.6 Å². The van der Waals surface area contributed by atoms with Crippen molar-refractivity contribution in [1.29, 1.82) is 0 Å². The van der Waals surface area contributed by atoms with Crippen molar-refractivity contribution in [2.45, 2.75) is 46.1 Å². The third kappa shape index (κ3) is 4.49. The third-order valence-electron chi connectivity index (χ3n) is 4.80. The maximum absolute atomic E-state index is 12.8. The SMILES string of the molecule is CC[C@H](C)C(=O)NCC(=O)N(c1ccc(OC)cc1)[C@@H](C)C1CC1. The van der Waals surface area contributed by atoms with Crippen LogP contribution in [0.3, 0.4) is 0 Å². The molecule has 1 N–H and O–H groups in total. The molecule has 5 nitrogen and oxygen atoms in total. The van der Waals surface area contributed by atoms with Crippen molar-refractivity contribution in [3.05, 3.63) is 24.3 Å². The van der Waals surface area contributed by atoms with Gasteiger partial charge < -0.3 is 15.0 Å². The molecule has 1 aliphatic carbocycles. The van der Waals surface area contributed by atoms with Crippen LogP contribution in [0.2, 0.25) is 0 Å². The standard InChI is InChI=1S/C19H28N2O3/c1-5-13(2)19(23)20-12-18(22)21(14(3)15-6-7-15)16-8-10-17(24-4)11-9-16/h8-11,13-15H,5-7,12H2,1-4H3,(H,20,23)/t13-,14-/m0/s1. The molecule has 2 rings (SSSR count). The van der Waals surface area contributed by atoms with Crippen LogP contribution in [0.4, 0.5) is 5.69 Å². The summed E-state index contributed by atoms with van der Waals surface area (Å²) in [6, 6.07) is 7.63. The van der Waals surface area contributed by atoms with Crippen molar-refractivity contribution in [2.24, 2.45) is 11.8 Å². The topological polar surface area (TPSA) is 58.6 Å². The largest absolute Gasteiger partial charge is 0.497 e. The first-order valence-electron chi connectivity index (χ1n) is 8.71. The number of nitrogens with zero attached hydrogens (tertiary/aromatic N) is 1. The predicted octanol–water partition coefficient (Wildman–Crippen LogP) is 2.99. The van der Waals surface area contributed by atoms with Crippen LogP contribution in [0.15, 0.2) is 24.3 Å². The lowest BCUT2D eigenvalue weighted by Gasteiger charge is -2.30. The fraction of sp³-hybridized carbons (Fsp3) is 0.579. The van der Waals surface area contributed by atoms with Crippen molar-refractivity contribution in [2.75, 3.05) is 18.6 Å². The van der Waals surface area contributed by atoms with Gasteiger partial charge >= 0.3 is 0 Å². The van der Waals surface area contributed by atoms with E-state index >= 15 is 0 Å². The molecule has 0 bridgehead atoms. The second-order valence-corrected chi connectivity index (χ2v) is 6.57. The highest BCUT2D eigenvalue weighted by molar-refractivity contribution is 5.97. The Morgan fingerprint density at radius 1 is 1.25 bits per heavy atom. The van der Waals surface area contributed by atoms with Gasteiger partial charge in [-0.3, -0.25) is 9.59 Å². The van der Waals surface area contributed by atoms with E-state index in [9.17, 15) is 9.59 Å². The second-order valence-electron chi connectivity index (χ2n) is 6.57. The summed E-state index contributed by atoms with van der Waals surface area (Å²) in [7, 11) is 1.62. The van der Waals surface area contributed by atoms with Gasteiger partial charge in [0.05, 0.1) is 13.7 Å². The van der Waals surface area contributed by atoms with Gasteiger partial charge in [-0.1, -0.05) is 13.8 Å². The van der Waals surface area contributed by atoms with Crippen molar-refractivity contribution in [3.8, 4) is 5.75 Å². The van der Waals surface area contributed by atoms with Crippen molar-refractivity contribution in [3.63, 3.8) is 0 Å². The fourth-order valence-electron chi connectivity index (χ4n) is 2.75. The van der Waals surface area contributed by atoms with E-state index in [0.717, 1.165) is 30.7 Å². The van der Waals surface area contributed by atoms with E-state index in [1.54, 1.807) is 7.11 Å². The predicted molar refractivity (Wildman–Crippen MR) is 95.1 cm³/mol. The molecule has 0 radical (unpaired) electrons. The number of hydrogen-bond acceptors (Lipinski definition) is 3. The molecule has 1 aliphatic rings. The molecule has 5 heteroatoms. The van der Waals surface area contributed by atoms with Crippen LogP contribution in [-0.2, 0) is 9.59 Å². The first-order chi connectivity index (χ1) is 11.5. The van der Waals surface area contributed by atoms with E-state index in [1.165, 1.54) is 0 Å². The zero-order chi connectivity index (χ0) is 17.7. The van der Waals surface area contributed by atoms with Gasteiger partial charge in [0.2, 0.25) is 11.8 Å². The quantitative estimate of drug-likeness (QED) is 0.796. The first kappa shape index (κ1) is 18.3. The maximum Gasteiger partial charge on any atom is 0.246 e. The van der Waals surface area contributed by atoms with E-state index in [-0.39, 0.29) is 30.3 Å². The van der Waals surface area contributed by atoms with E-state index in [2.05, 4.69) is 12.2 Å². The summed E-state index contributed by atoms with van der Waals surface area (Å²) < 4.78 is 5.19. The van der Waals surface area contributed by atoms with Crippen molar-refractivity contribution in [1.82, 2.24) is 5.32 Å². The Morgan fingerprint density at radius 3 is 2.38 bits per heavy atom. The number of carbonyl (C=O) groups is 2. The number of methoxy groups -OCH3 is 1. The summed E-state index contributed by atoms with van der Waals surface area (Å²) in [6.45, 7) is 5.95. The van der Waals surface area contributed by atoms with Crippen LogP contribution in [0, 0.1) is 11.8 Å².